The zero-order valence-corrected chi connectivity index (χ0v) is 10.8. The average Bonchev–Trinajstić information content (AvgIpc) is 2.26. The molecular formula is C13H23NO3. The van der Waals surface area contributed by atoms with Crippen molar-refractivity contribution in [3.63, 3.8) is 0 Å². The standard InChI is InChI=1S/C13H23NO3/c1-3-4-8-11(15)14-13(2)9-6-5-7-10(13)12(16)17/h10H,3-9H2,1-2H3,(H,14,15)(H,16,17). The summed E-state index contributed by atoms with van der Waals surface area (Å²) in [5.74, 6) is -1.24. The maximum atomic E-state index is 11.7. The van der Waals surface area contributed by atoms with Gasteiger partial charge in [0.1, 0.15) is 0 Å². The van der Waals surface area contributed by atoms with Gasteiger partial charge in [-0.2, -0.15) is 0 Å². The molecule has 17 heavy (non-hydrogen) atoms. The van der Waals surface area contributed by atoms with Crippen molar-refractivity contribution in [3.8, 4) is 0 Å². The van der Waals surface area contributed by atoms with Crippen LogP contribution in [0.5, 0.6) is 0 Å². The van der Waals surface area contributed by atoms with Gasteiger partial charge in [-0.1, -0.05) is 26.2 Å². The van der Waals surface area contributed by atoms with E-state index in [1.165, 1.54) is 0 Å². The lowest BCUT2D eigenvalue weighted by Gasteiger charge is -2.39. The monoisotopic (exact) mass is 241 g/mol. The van der Waals surface area contributed by atoms with Crippen LogP contribution in [0, 0.1) is 5.92 Å². The Morgan fingerprint density at radius 1 is 1.41 bits per heavy atom. The van der Waals surface area contributed by atoms with Crippen molar-refractivity contribution in [2.75, 3.05) is 0 Å². The number of carbonyl (C=O) groups excluding carboxylic acids is 1. The van der Waals surface area contributed by atoms with Crippen LogP contribution in [-0.2, 0) is 9.59 Å². The van der Waals surface area contributed by atoms with Crippen molar-refractivity contribution >= 4 is 11.9 Å². The highest BCUT2D eigenvalue weighted by Crippen LogP contribution is 2.33. The quantitative estimate of drug-likeness (QED) is 0.776. The van der Waals surface area contributed by atoms with E-state index in [1.807, 2.05) is 13.8 Å². The number of nitrogens with one attached hydrogen (secondary N) is 1. The van der Waals surface area contributed by atoms with Gasteiger partial charge in [0.05, 0.1) is 11.5 Å². The molecule has 1 aliphatic rings. The van der Waals surface area contributed by atoms with Gasteiger partial charge in [-0.15, -0.1) is 0 Å². The third kappa shape index (κ3) is 3.72. The van der Waals surface area contributed by atoms with Crippen LogP contribution in [0.4, 0.5) is 0 Å². The third-order valence-corrected chi connectivity index (χ3v) is 3.69. The first-order valence-corrected chi connectivity index (χ1v) is 6.53. The average molecular weight is 241 g/mol. The SMILES string of the molecule is CCCCC(=O)NC1(C)CCCCC1C(=O)O. The van der Waals surface area contributed by atoms with E-state index in [0.717, 1.165) is 32.1 Å². The highest BCUT2D eigenvalue weighted by molar-refractivity contribution is 5.79. The molecule has 0 heterocycles. The molecule has 0 aromatic carbocycles. The number of carboxylic acids is 1. The van der Waals surface area contributed by atoms with Gasteiger partial charge < -0.3 is 10.4 Å². The van der Waals surface area contributed by atoms with Crippen LogP contribution in [0.25, 0.3) is 0 Å². The molecule has 1 aliphatic carbocycles. The van der Waals surface area contributed by atoms with Crippen LogP contribution in [0.1, 0.15) is 58.8 Å². The topological polar surface area (TPSA) is 66.4 Å². The number of amides is 1. The Balaban J connectivity index is 2.62. The Morgan fingerprint density at radius 2 is 2.12 bits per heavy atom. The summed E-state index contributed by atoms with van der Waals surface area (Å²) in [6.45, 7) is 3.91. The summed E-state index contributed by atoms with van der Waals surface area (Å²) in [7, 11) is 0. The first kappa shape index (κ1) is 14.0. The summed E-state index contributed by atoms with van der Waals surface area (Å²) in [5.41, 5.74) is -0.561. The van der Waals surface area contributed by atoms with Crippen LogP contribution in [-0.4, -0.2) is 22.5 Å². The Hall–Kier alpha value is -1.06. The van der Waals surface area contributed by atoms with E-state index in [4.69, 9.17) is 0 Å². The molecule has 1 saturated carbocycles. The third-order valence-electron chi connectivity index (χ3n) is 3.69. The van der Waals surface area contributed by atoms with Gasteiger partial charge in [0.15, 0.2) is 0 Å². The second-order valence-corrected chi connectivity index (χ2v) is 5.21. The highest BCUT2D eigenvalue weighted by Gasteiger charge is 2.41. The molecule has 0 aromatic heterocycles. The first-order chi connectivity index (χ1) is 7.99. The van der Waals surface area contributed by atoms with E-state index in [2.05, 4.69) is 5.32 Å². The molecular weight excluding hydrogens is 218 g/mol. The molecule has 0 spiro atoms. The Morgan fingerprint density at radius 3 is 2.71 bits per heavy atom. The molecule has 1 rings (SSSR count). The first-order valence-electron chi connectivity index (χ1n) is 6.53. The van der Waals surface area contributed by atoms with Gasteiger partial charge >= 0.3 is 5.97 Å². The largest absolute Gasteiger partial charge is 0.481 e. The molecule has 4 heteroatoms. The number of rotatable bonds is 5. The molecule has 2 N–H and O–H groups in total. The number of aliphatic carboxylic acids is 1. The van der Waals surface area contributed by atoms with Gasteiger partial charge in [-0.3, -0.25) is 9.59 Å². The molecule has 0 bridgehead atoms. The van der Waals surface area contributed by atoms with Crippen molar-refractivity contribution in [2.24, 2.45) is 5.92 Å². The lowest BCUT2D eigenvalue weighted by molar-refractivity contribution is -0.146. The normalized spacial score (nSPS) is 28.7. The Kier molecular flexibility index (Phi) is 4.97. The predicted octanol–water partition coefficient (Wildman–Crippen LogP) is 2.33. The lowest BCUT2D eigenvalue weighted by atomic mass is 9.74. The summed E-state index contributed by atoms with van der Waals surface area (Å²) in [5, 5.41) is 12.2. The van der Waals surface area contributed by atoms with E-state index < -0.39 is 17.4 Å². The molecule has 2 atom stereocenters. The minimum atomic E-state index is -0.789. The number of carboxylic acid groups (broad SMARTS) is 1. The van der Waals surface area contributed by atoms with E-state index in [0.29, 0.717) is 12.8 Å². The number of unbranched alkanes of at least 4 members (excludes halogenated alkanes) is 1. The van der Waals surface area contributed by atoms with Gasteiger partial charge in [0.25, 0.3) is 0 Å². The fourth-order valence-electron chi connectivity index (χ4n) is 2.60. The molecule has 1 amide bonds. The molecule has 1 fully saturated rings. The van der Waals surface area contributed by atoms with E-state index >= 15 is 0 Å². The van der Waals surface area contributed by atoms with E-state index in [1.54, 1.807) is 0 Å². The zero-order valence-electron chi connectivity index (χ0n) is 10.8. The summed E-state index contributed by atoms with van der Waals surface area (Å²) in [4.78, 5) is 23.0. The second kappa shape index (κ2) is 6.03. The minimum absolute atomic E-state index is 0.0116. The van der Waals surface area contributed by atoms with Gasteiger partial charge in [-0.25, -0.2) is 0 Å². The summed E-state index contributed by atoms with van der Waals surface area (Å²) < 4.78 is 0. The van der Waals surface area contributed by atoms with Crippen LogP contribution in [0.3, 0.4) is 0 Å². The lowest BCUT2D eigenvalue weighted by Crippen LogP contribution is -2.55. The van der Waals surface area contributed by atoms with Crippen LogP contribution < -0.4 is 5.32 Å². The zero-order chi connectivity index (χ0) is 12.9. The highest BCUT2D eigenvalue weighted by atomic mass is 16.4. The van der Waals surface area contributed by atoms with Crippen molar-refractivity contribution < 1.29 is 14.7 Å². The Labute approximate surface area is 103 Å². The second-order valence-electron chi connectivity index (χ2n) is 5.21. The smallest absolute Gasteiger partial charge is 0.308 e. The minimum Gasteiger partial charge on any atom is -0.481 e. The maximum absolute atomic E-state index is 11.7. The fourth-order valence-corrected chi connectivity index (χ4v) is 2.60. The number of hydrogen-bond acceptors (Lipinski definition) is 2. The van der Waals surface area contributed by atoms with Crippen molar-refractivity contribution in [1.29, 1.82) is 0 Å². The van der Waals surface area contributed by atoms with Crippen LogP contribution in [0.2, 0.25) is 0 Å². The fraction of sp³-hybridized carbons (Fsp3) is 0.846. The summed E-state index contributed by atoms with van der Waals surface area (Å²) in [6.07, 6.45) is 5.71. The molecule has 98 valence electrons. The Bertz CT molecular complexity index is 290. The maximum Gasteiger partial charge on any atom is 0.308 e. The van der Waals surface area contributed by atoms with E-state index in [9.17, 15) is 14.7 Å². The van der Waals surface area contributed by atoms with Crippen molar-refractivity contribution in [3.05, 3.63) is 0 Å². The molecule has 4 nitrogen and oxygen atoms in total. The molecule has 0 radical (unpaired) electrons. The molecule has 0 aromatic rings. The molecule has 0 saturated heterocycles. The van der Waals surface area contributed by atoms with Crippen LogP contribution >= 0.6 is 0 Å². The number of carbonyl (C=O) groups is 2. The van der Waals surface area contributed by atoms with Crippen molar-refractivity contribution in [1.82, 2.24) is 5.32 Å². The van der Waals surface area contributed by atoms with Crippen LogP contribution in [0.15, 0.2) is 0 Å². The predicted molar refractivity (Wildman–Crippen MR) is 65.7 cm³/mol. The number of hydrogen-bond donors (Lipinski definition) is 2. The van der Waals surface area contributed by atoms with E-state index in [-0.39, 0.29) is 5.91 Å². The summed E-state index contributed by atoms with van der Waals surface area (Å²) in [6, 6.07) is 0. The van der Waals surface area contributed by atoms with Gasteiger partial charge in [0.2, 0.25) is 5.91 Å². The molecule has 2 unspecified atom stereocenters. The summed E-state index contributed by atoms with van der Waals surface area (Å²) >= 11 is 0. The van der Waals surface area contributed by atoms with Crippen molar-refractivity contribution in [2.45, 2.75) is 64.3 Å². The molecule has 0 aliphatic heterocycles. The van der Waals surface area contributed by atoms with Gasteiger partial charge in [0, 0.05) is 6.42 Å². The van der Waals surface area contributed by atoms with Gasteiger partial charge in [-0.05, 0) is 26.2 Å².